The van der Waals surface area contributed by atoms with Gasteiger partial charge in [0, 0.05) is 20.0 Å². The zero-order valence-corrected chi connectivity index (χ0v) is 12.3. The first-order valence-corrected chi connectivity index (χ1v) is 6.89. The van der Waals surface area contributed by atoms with Gasteiger partial charge in [0.25, 0.3) is 0 Å². The lowest BCUT2D eigenvalue weighted by molar-refractivity contribution is -0.150. The Morgan fingerprint density at radius 2 is 2.10 bits per heavy atom. The van der Waals surface area contributed by atoms with Crippen LogP contribution in [0.5, 0.6) is 0 Å². The number of aryl methyl sites for hydroxylation is 1. The topological polar surface area (TPSA) is 83.0 Å². The quantitative estimate of drug-likeness (QED) is 0.796. The SMILES string of the molecule is CCOC(=O)C(CN)(Cc1ncnn1C)c1ccccc1. The van der Waals surface area contributed by atoms with E-state index in [0.717, 1.165) is 5.56 Å². The molecule has 0 fully saturated rings. The molecule has 0 aliphatic carbocycles. The summed E-state index contributed by atoms with van der Waals surface area (Å²) in [5, 5.41) is 4.05. The molecule has 112 valence electrons. The van der Waals surface area contributed by atoms with Crippen molar-refractivity contribution in [1.29, 1.82) is 0 Å². The maximum atomic E-state index is 12.6. The molecule has 1 aromatic carbocycles. The van der Waals surface area contributed by atoms with Gasteiger partial charge >= 0.3 is 5.97 Å². The van der Waals surface area contributed by atoms with Crippen LogP contribution in [-0.2, 0) is 28.4 Å². The standard InChI is InChI=1S/C15H20N4O2/c1-3-21-14(20)15(10-16,12-7-5-4-6-8-12)9-13-17-11-18-19(13)2/h4-8,11H,3,9-10,16H2,1-2H3. The van der Waals surface area contributed by atoms with Crippen molar-refractivity contribution < 1.29 is 9.53 Å². The summed E-state index contributed by atoms with van der Waals surface area (Å²) < 4.78 is 6.91. The third-order valence-electron chi connectivity index (χ3n) is 3.61. The van der Waals surface area contributed by atoms with Crippen molar-refractivity contribution in [3.8, 4) is 0 Å². The molecule has 2 aromatic rings. The van der Waals surface area contributed by atoms with Crippen LogP contribution in [0.4, 0.5) is 0 Å². The zero-order chi connectivity index (χ0) is 15.3. The van der Waals surface area contributed by atoms with E-state index in [0.29, 0.717) is 18.9 Å². The van der Waals surface area contributed by atoms with E-state index >= 15 is 0 Å². The summed E-state index contributed by atoms with van der Waals surface area (Å²) >= 11 is 0. The summed E-state index contributed by atoms with van der Waals surface area (Å²) in [6.07, 6.45) is 1.82. The molecular weight excluding hydrogens is 268 g/mol. The first kappa shape index (κ1) is 15.2. The van der Waals surface area contributed by atoms with E-state index in [9.17, 15) is 4.79 Å². The summed E-state index contributed by atoms with van der Waals surface area (Å²) in [5.74, 6) is 0.360. The molecule has 0 bridgehead atoms. The Balaban J connectivity index is 2.47. The van der Waals surface area contributed by atoms with Crippen molar-refractivity contribution in [1.82, 2.24) is 14.8 Å². The van der Waals surface area contributed by atoms with Gasteiger partial charge in [-0.3, -0.25) is 9.48 Å². The molecular formula is C15H20N4O2. The van der Waals surface area contributed by atoms with E-state index in [-0.39, 0.29) is 12.5 Å². The van der Waals surface area contributed by atoms with E-state index in [1.54, 1.807) is 18.7 Å². The highest BCUT2D eigenvalue weighted by molar-refractivity contribution is 5.84. The van der Waals surface area contributed by atoms with Crippen LogP contribution in [0, 0.1) is 0 Å². The van der Waals surface area contributed by atoms with Gasteiger partial charge in [0.1, 0.15) is 17.6 Å². The number of carbonyl (C=O) groups is 1. The number of aromatic nitrogens is 3. The lowest BCUT2D eigenvalue weighted by Crippen LogP contribution is -2.46. The minimum absolute atomic E-state index is 0.142. The summed E-state index contributed by atoms with van der Waals surface area (Å²) in [6.45, 7) is 2.24. The molecule has 0 radical (unpaired) electrons. The number of benzene rings is 1. The van der Waals surface area contributed by atoms with Crippen LogP contribution in [0.1, 0.15) is 18.3 Å². The van der Waals surface area contributed by atoms with Gasteiger partial charge in [-0.2, -0.15) is 5.10 Å². The summed E-state index contributed by atoms with van der Waals surface area (Å²) in [6, 6.07) is 9.45. The van der Waals surface area contributed by atoms with Crippen molar-refractivity contribution in [3.05, 3.63) is 48.0 Å². The van der Waals surface area contributed by atoms with Crippen LogP contribution >= 0.6 is 0 Å². The van der Waals surface area contributed by atoms with Gasteiger partial charge in [-0.05, 0) is 12.5 Å². The Morgan fingerprint density at radius 3 is 2.62 bits per heavy atom. The third kappa shape index (κ3) is 2.95. The number of hydrogen-bond acceptors (Lipinski definition) is 5. The highest BCUT2D eigenvalue weighted by Crippen LogP contribution is 2.28. The van der Waals surface area contributed by atoms with Crippen molar-refractivity contribution in [2.75, 3.05) is 13.2 Å². The molecule has 0 saturated carbocycles. The molecule has 1 heterocycles. The van der Waals surface area contributed by atoms with Crippen LogP contribution in [0.2, 0.25) is 0 Å². The number of ether oxygens (including phenoxy) is 1. The Bertz CT molecular complexity index is 597. The first-order valence-electron chi connectivity index (χ1n) is 6.89. The third-order valence-corrected chi connectivity index (χ3v) is 3.61. The van der Waals surface area contributed by atoms with E-state index < -0.39 is 5.41 Å². The van der Waals surface area contributed by atoms with Crippen molar-refractivity contribution >= 4 is 5.97 Å². The predicted octanol–water partition coefficient (Wildman–Crippen LogP) is 0.817. The highest BCUT2D eigenvalue weighted by Gasteiger charge is 2.41. The Labute approximate surface area is 123 Å². The van der Waals surface area contributed by atoms with Crippen LogP contribution < -0.4 is 5.73 Å². The molecule has 0 aliphatic heterocycles. The lowest BCUT2D eigenvalue weighted by Gasteiger charge is -2.30. The minimum Gasteiger partial charge on any atom is -0.465 e. The molecule has 1 aromatic heterocycles. The molecule has 1 atom stereocenters. The Kier molecular flexibility index (Phi) is 4.70. The molecule has 0 aliphatic rings. The van der Waals surface area contributed by atoms with Gasteiger partial charge in [-0.15, -0.1) is 0 Å². The fourth-order valence-corrected chi connectivity index (χ4v) is 2.34. The Morgan fingerprint density at radius 1 is 1.38 bits per heavy atom. The fraction of sp³-hybridized carbons (Fsp3) is 0.400. The van der Waals surface area contributed by atoms with Crippen LogP contribution in [0.25, 0.3) is 0 Å². The van der Waals surface area contributed by atoms with Gasteiger partial charge in [0.2, 0.25) is 0 Å². The number of nitrogens with zero attached hydrogens (tertiary/aromatic N) is 3. The monoisotopic (exact) mass is 288 g/mol. The van der Waals surface area contributed by atoms with Gasteiger partial charge in [-0.25, -0.2) is 4.98 Å². The molecule has 0 saturated heterocycles. The van der Waals surface area contributed by atoms with E-state index in [1.165, 1.54) is 6.33 Å². The minimum atomic E-state index is -0.946. The summed E-state index contributed by atoms with van der Waals surface area (Å²) in [5.41, 5.74) is 5.86. The summed E-state index contributed by atoms with van der Waals surface area (Å²) in [7, 11) is 1.79. The second-order valence-electron chi connectivity index (χ2n) is 4.85. The second-order valence-corrected chi connectivity index (χ2v) is 4.85. The fourth-order valence-electron chi connectivity index (χ4n) is 2.34. The molecule has 2 rings (SSSR count). The smallest absolute Gasteiger partial charge is 0.318 e. The summed E-state index contributed by atoms with van der Waals surface area (Å²) in [4.78, 5) is 16.8. The number of nitrogens with two attached hydrogens (primary N) is 1. The van der Waals surface area contributed by atoms with Crippen LogP contribution in [-0.4, -0.2) is 33.9 Å². The largest absolute Gasteiger partial charge is 0.465 e. The zero-order valence-electron chi connectivity index (χ0n) is 12.3. The average Bonchev–Trinajstić information content (AvgIpc) is 2.91. The lowest BCUT2D eigenvalue weighted by atomic mass is 9.77. The van der Waals surface area contributed by atoms with Crippen LogP contribution in [0.15, 0.2) is 36.7 Å². The molecule has 6 nitrogen and oxygen atoms in total. The molecule has 6 heteroatoms. The predicted molar refractivity (Wildman–Crippen MR) is 78.5 cm³/mol. The van der Waals surface area contributed by atoms with Crippen LogP contribution in [0.3, 0.4) is 0 Å². The van der Waals surface area contributed by atoms with Crippen molar-refractivity contribution in [3.63, 3.8) is 0 Å². The maximum Gasteiger partial charge on any atom is 0.318 e. The number of rotatable bonds is 6. The van der Waals surface area contributed by atoms with Crippen molar-refractivity contribution in [2.45, 2.75) is 18.8 Å². The molecule has 21 heavy (non-hydrogen) atoms. The average molecular weight is 288 g/mol. The van der Waals surface area contributed by atoms with E-state index in [2.05, 4.69) is 10.1 Å². The molecule has 0 spiro atoms. The Hall–Kier alpha value is -2.21. The van der Waals surface area contributed by atoms with E-state index in [4.69, 9.17) is 10.5 Å². The molecule has 2 N–H and O–H groups in total. The highest BCUT2D eigenvalue weighted by atomic mass is 16.5. The number of hydrogen-bond donors (Lipinski definition) is 1. The van der Waals surface area contributed by atoms with E-state index in [1.807, 2.05) is 30.3 Å². The number of carbonyl (C=O) groups excluding carboxylic acids is 1. The molecule has 0 amide bonds. The van der Waals surface area contributed by atoms with Crippen molar-refractivity contribution in [2.24, 2.45) is 12.8 Å². The maximum absolute atomic E-state index is 12.6. The number of esters is 1. The normalized spacial score (nSPS) is 13.7. The van der Waals surface area contributed by atoms with Gasteiger partial charge in [-0.1, -0.05) is 30.3 Å². The second kappa shape index (κ2) is 6.49. The van der Waals surface area contributed by atoms with Gasteiger partial charge < -0.3 is 10.5 Å². The first-order chi connectivity index (χ1) is 10.1. The molecule has 1 unspecified atom stereocenters. The van der Waals surface area contributed by atoms with Gasteiger partial charge in [0.05, 0.1) is 6.61 Å². The van der Waals surface area contributed by atoms with Gasteiger partial charge in [0.15, 0.2) is 0 Å².